The molecule has 46 heavy (non-hydrogen) atoms. The normalized spacial score (nSPS) is 14.9. The van der Waals surface area contributed by atoms with Gasteiger partial charge in [0.1, 0.15) is 18.2 Å². The predicted molar refractivity (Wildman–Crippen MR) is 179 cm³/mol. The molecule has 0 radical (unpaired) electrons. The lowest BCUT2D eigenvalue weighted by Crippen LogP contribution is -2.32. The van der Waals surface area contributed by atoms with Gasteiger partial charge in [-0.25, -0.2) is 0 Å². The quantitative estimate of drug-likeness (QED) is 0.0489. The van der Waals surface area contributed by atoms with E-state index in [0.29, 0.717) is 110 Å². The number of Topliss-reactive ketones (excluding diaryl/α,β-unsaturated/α-hetero) is 2. The van der Waals surface area contributed by atoms with Crippen LogP contribution in [0, 0.1) is 5.92 Å². The molecule has 14 heteroatoms. The van der Waals surface area contributed by atoms with E-state index in [2.05, 4.69) is 25.7 Å². The van der Waals surface area contributed by atoms with Gasteiger partial charge in [0.25, 0.3) is 0 Å². The van der Waals surface area contributed by atoms with Gasteiger partial charge in [-0.1, -0.05) is 35.1 Å². The third kappa shape index (κ3) is 21.8. The van der Waals surface area contributed by atoms with Crippen LogP contribution in [0.1, 0.15) is 72.1 Å². The number of amides is 3. The molecule has 1 aliphatic rings. The topological polar surface area (TPSA) is 147 Å². The second-order valence-electron chi connectivity index (χ2n) is 11.5. The van der Waals surface area contributed by atoms with Gasteiger partial charge in [0, 0.05) is 69.9 Å². The van der Waals surface area contributed by atoms with Crippen molar-refractivity contribution in [1.82, 2.24) is 10.2 Å². The molecule has 1 unspecified atom stereocenters. The van der Waals surface area contributed by atoms with E-state index >= 15 is 0 Å². The van der Waals surface area contributed by atoms with Crippen LogP contribution in [0.3, 0.4) is 0 Å². The minimum absolute atomic E-state index is 0.0100. The Morgan fingerprint density at radius 1 is 0.870 bits per heavy atom. The molecule has 1 fully saturated rings. The molecule has 1 heterocycles. The molecular weight excluding hydrogens is 636 g/mol. The number of hydrogen-bond donors (Lipinski definition) is 1. The zero-order chi connectivity index (χ0) is 34.0. The van der Waals surface area contributed by atoms with E-state index in [-0.39, 0.29) is 59.3 Å². The largest absolute Gasteiger partial charge is 0.500 e. The van der Waals surface area contributed by atoms with Crippen molar-refractivity contribution >= 4 is 50.9 Å². The van der Waals surface area contributed by atoms with E-state index in [9.17, 15) is 24.0 Å². The van der Waals surface area contributed by atoms with Gasteiger partial charge >= 0.3 is 0 Å². The summed E-state index contributed by atoms with van der Waals surface area (Å²) in [7, 11) is 3.33. The van der Waals surface area contributed by atoms with Crippen LogP contribution in [0.2, 0.25) is 0 Å². The lowest BCUT2D eigenvalue weighted by molar-refractivity contribution is -0.139. The maximum Gasteiger partial charge on any atom is 0.232 e. The molecule has 1 rings (SSSR count). The number of likely N-dealkylation sites (tertiary alicyclic amines) is 1. The molecule has 3 amide bonds. The van der Waals surface area contributed by atoms with Gasteiger partial charge in [-0.2, -0.15) is 0 Å². The standard InChI is InChI=1S/C32H54N2O10S2/c1-5-40-25-32(3,4)46-45-23-12-29(37)33-13-6-8-28(36)11-16-42-18-20-44-22-21-43-19-17-41-15-7-9-27(35)10-14-34-30(38)24-26(2)31(34)39/h5,26H,1,6-25H2,2-4H3,(H,33,37). The average Bonchev–Trinajstić information content (AvgIpc) is 3.26. The van der Waals surface area contributed by atoms with Gasteiger partial charge < -0.3 is 29.0 Å². The third-order valence-corrected chi connectivity index (χ3v) is 9.93. The van der Waals surface area contributed by atoms with Gasteiger partial charge in [-0.15, -0.1) is 0 Å². The van der Waals surface area contributed by atoms with Crippen LogP contribution in [-0.2, 0) is 47.7 Å². The summed E-state index contributed by atoms with van der Waals surface area (Å²) in [6, 6.07) is 0. The number of hydrogen-bond acceptors (Lipinski definition) is 12. The fraction of sp³-hybridized carbons (Fsp3) is 0.781. The van der Waals surface area contributed by atoms with E-state index in [1.165, 1.54) is 11.2 Å². The number of imide groups is 1. The van der Waals surface area contributed by atoms with E-state index in [4.69, 9.17) is 23.7 Å². The molecule has 264 valence electrons. The lowest BCUT2D eigenvalue weighted by atomic mass is 10.1. The number of ether oxygens (including phenoxy) is 5. The Balaban J connectivity index is 1.81. The highest BCUT2D eigenvalue weighted by Gasteiger charge is 2.35. The highest BCUT2D eigenvalue weighted by Crippen LogP contribution is 2.36. The molecule has 0 bridgehead atoms. The monoisotopic (exact) mass is 690 g/mol. The highest BCUT2D eigenvalue weighted by molar-refractivity contribution is 8.77. The molecule has 0 aromatic heterocycles. The average molecular weight is 691 g/mol. The molecule has 0 aromatic carbocycles. The summed E-state index contributed by atoms with van der Waals surface area (Å²) in [5.41, 5.74) is 0. The Labute approximate surface area is 282 Å². The van der Waals surface area contributed by atoms with Crippen LogP contribution < -0.4 is 5.32 Å². The molecular formula is C32H54N2O10S2. The van der Waals surface area contributed by atoms with Crippen LogP contribution in [0.25, 0.3) is 0 Å². The summed E-state index contributed by atoms with van der Waals surface area (Å²) in [6.07, 6.45) is 4.57. The molecule has 1 saturated heterocycles. The van der Waals surface area contributed by atoms with Crippen molar-refractivity contribution in [3.8, 4) is 0 Å². The Morgan fingerprint density at radius 3 is 2.07 bits per heavy atom. The van der Waals surface area contributed by atoms with Crippen LogP contribution in [0.5, 0.6) is 0 Å². The predicted octanol–water partition coefficient (Wildman–Crippen LogP) is 3.75. The summed E-state index contributed by atoms with van der Waals surface area (Å²) in [4.78, 5) is 60.8. The molecule has 12 nitrogen and oxygen atoms in total. The zero-order valence-electron chi connectivity index (χ0n) is 27.9. The zero-order valence-corrected chi connectivity index (χ0v) is 29.5. The number of carbonyl (C=O) groups excluding carboxylic acids is 5. The molecule has 0 aromatic rings. The number of carbonyl (C=O) groups is 5. The fourth-order valence-electron chi connectivity index (χ4n) is 4.11. The Bertz CT molecular complexity index is 935. The first-order chi connectivity index (χ1) is 22.1. The van der Waals surface area contributed by atoms with Crippen LogP contribution in [0.4, 0.5) is 0 Å². The Kier molecular flexibility index (Phi) is 23.8. The van der Waals surface area contributed by atoms with Gasteiger partial charge in [0.15, 0.2) is 0 Å². The Hall–Kier alpha value is -1.97. The second kappa shape index (κ2) is 26.0. The summed E-state index contributed by atoms with van der Waals surface area (Å²) < 4.78 is 27.0. The molecule has 0 aliphatic carbocycles. The van der Waals surface area contributed by atoms with Crippen molar-refractivity contribution in [3.63, 3.8) is 0 Å². The number of nitrogens with one attached hydrogen (secondary N) is 1. The number of rotatable bonds is 31. The molecule has 0 saturated carbocycles. The number of ketones is 2. The molecule has 1 atom stereocenters. The van der Waals surface area contributed by atoms with Crippen molar-refractivity contribution in [1.29, 1.82) is 0 Å². The Morgan fingerprint density at radius 2 is 1.46 bits per heavy atom. The van der Waals surface area contributed by atoms with Crippen molar-refractivity contribution in [3.05, 3.63) is 12.8 Å². The highest BCUT2D eigenvalue weighted by atomic mass is 33.1. The summed E-state index contributed by atoms with van der Waals surface area (Å²) in [5, 5.41) is 2.86. The minimum atomic E-state index is -0.286. The molecule has 1 N–H and O–H groups in total. The second-order valence-corrected chi connectivity index (χ2v) is 14.6. The summed E-state index contributed by atoms with van der Waals surface area (Å²) in [5.74, 6) is 0.142. The van der Waals surface area contributed by atoms with Crippen molar-refractivity contribution in [2.24, 2.45) is 5.92 Å². The first-order valence-corrected chi connectivity index (χ1v) is 18.4. The molecule has 1 aliphatic heterocycles. The van der Waals surface area contributed by atoms with Gasteiger partial charge in [0.2, 0.25) is 17.7 Å². The third-order valence-electron chi connectivity index (χ3n) is 6.67. The smallest absolute Gasteiger partial charge is 0.232 e. The van der Waals surface area contributed by atoms with Gasteiger partial charge in [0.05, 0.1) is 57.3 Å². The SMILES string of the molecule is C=COCC(C)(C)SSCCC(=O)NCCCC(=O)CCOCCOCCOCCOCCCC(=O)CCN1C(=O)CC(C)C1=O. The van der Waals surface area contributed by atoms with Crippen molar-refractivity contribution in [2.75, 3.05) is 78.3 Å². The first kappa shape index (κ1) is 42.1. The van der Waals surface area contributed by atoms with E-state index in [1.807, 2.05) is 0 Å². The van der Waals surface area contributed by atoms with E-state index < -0.39 is 0 Å². The van der Waals surface area contributed by atoms with Crippen molar-refractivity contribution in [2.45, 2.75) is 76.9 Å². The minimum Gasteiger partial charge on any atom is -0.500 e. The summed E-state index contributed by atoms with van der Waals surface area (Å²) in [6.45, 7) is 13.9. The number of nitrogens with zero attached hydrogens (tertiary/aromatic N) is 1. The van der Waals surface area contributed by atoms with Crippen LogP contribution in [-0.4, -0.2) is 117 Å². The van der Waals surface area contributed by atoms with Crippen molar-refractivity contribution < 1.29 is 47.7 Å². The molecule has 0 spiro atoms. The van der Waals surface area contributed by atoms with Crippen LogP contribution in [0.15, 0.2) is 12.8 Å². The van der Waals surface area contributed by atoms with E-state index in [1.54, 1.807) is 28.5 Å². The van der Waals surface area contributed by atoms with Gasteiger partial charge in [-0.05, 0) is 26.7 Å². The van der Waals surface area contributed by atoms with E-state index in [0.717, 1.165) is 0 Å². The lowest BCUT2D eigenvalue weighted by Gasteiger charge is -2.22. The first-order valence-electron chi connectivity index (χ1n) is 16.0. The van der Waals surface area contributed by atoms with Crippen LogP contribution >= 0.6 is 21.6 Å². The fourth-order valence-corrected chi connectivity index (χ4v) is 6.50. The maximum atomic E-state index is 12.0. The maximum absolute atomic E-state index is 12.0. The summed E-state index contributed by atoms with van der Waals surface area (Å²) >= 11 is 0. The van der Waals surface area contributed by atoms with Gasteiger partial charge in [-0.3, -0.25) is 28.9 Å².